The summed E-state index contributed by atoms with van der Waals surface area (Å²) >= 11 is 6.04. The van der Waals surface area contributed by atoms with Gasteiger partial charge in [0.05, 0.1) is 37.9 Å². The Morgan fingerprint density at radius 2 is 1.47 bits per heavy atom. The van der Waals surface area contributed by atoms with Gasteiger partial charge in [-0.3, -0.25) is 29.4 Å². The molecule has 0 saturated carbocycles. The molecule has 0 bridgehead atoms. The molecule has 2 atom stereocenters. The fourth-order valence-electron chi connectivity index (χ4n) is 4.91. The third-order valence-corrected chi connectivity index (χ3v) is 6.85. The fourth-order valence-corrected chi connectivity index (χ4v) is 5.03. The van der Waals surface area contributed by atoms with Crippen LogP contribution in [-0.4, -0.2) is 54.9 Å². The largest absolute Gasteiger partial charge is 0.493 e. The first-order valence-corrected chi connectivity index (χ1v) is 11.6. The molecule has 5 rings (SSSR count). The number of β-lactam (4-membered cyclic amide) rings is 1. The predicted molar refractivity (Wildman–Crippen MR) is 135 cm³/mol. The molecule has 3 aromatic rings. The van der Waals surface area contributed by atoms with Gasteiger partial charge in [-0.15, -0.1) is 0 Å². The maximum atomic E-state index is 13.6. The SMILES string of the molecule is COc1cc([C@H]2[C@H](N3C(=O)c4cccc([N+](=O)[O-])c4C3=O)C(=O)N2c2ccc(Cl)cc2)cc(OC)c1OC. The minimum atomic E-state index is -1.29. The van der Waals surface area contributed by atoms with E-state index in [1.165, 1.54) is 38.4 Å². The van der Waals surface area contributed by atoms with E-state index in [2.05, 4.69) is 0 Å². The molecule has 12 heteroatoms. The van der Waals surface area contributed by atoms with Gasteiger partial charge in [-0.25, -0.2) is 0 Å². The molecule has 11 nitrogen and oxygen atoms in total. The quantitative estimate of drug-likeness (QED) is 0.191. The second kappa shape index (κ2) is 9.34. The Morgan fingerprint density at radius 1 is 0.842 bits per heavy atom. The van der Waals surface area contributed by atoms with Crippen molar-refractivity contribution >= 4 is 40.7 Å². The highest BCUT2D eigenvalue weighted by Crippen LogP contribution is 2.48. The summed E-state index contributed by atoms with van der Waals surface area (Å²) < 4.78 is 16.3. The van der Waals surface area contributed by atoms with Crippen molar-refractivity contribution in [3.63, 3.8) is 0 Å². The number of amides is 3. The van der Waals surface area contributed by atoms with Crippen LogP contribution in [0.5, 0.6) is 17.2 Å². The van der Waals surface area contributed by atoms with Crippen LogP contribution in [0.2, 0.25) is 5.02 Å². The van der Waals surface area contributed by atoms with Crippen LogP contribution in [0.25, 0.3) is 0 Å². The first-order valence-electron chi connectivity index (χ1n) is 11.3. The molecule has 38 heavy (non-hydrogen) atoms. The van der Waals surface area contributed by atoms with E-state index in [0.29, 0.717) is 33.5 Å². The number of nitro benzene ring substituents is 1. The molecule has 2 aliphatic heterocycles. The minimum Gasteiger partial charge on any atom is -0.493 e. The van der Waals surface area contributed by atoms with Crippen molar-refractivity contribution in [1.82, 2.24) is 4.90 Å². The van der Waals surface area contributed by atoms with Crippen molar-refractivity contribution in [2.75, 3.05) is 26.2 Å². The highest BCUT2D eigenvalue weighted by molar-refractivity contribution is 6.30. The van der Waals surface area contributed by atoms with Gasteiger partial charge < -0.3 is 19.1 Å². The van der Waals surface area contributed by atoms with E-state index in [9.17, 15) is 24.5 Å². The lowest BCUT2D eigenvalue weighted by atomic mass is 9.86. The number of nitro groups is 1. The number of benzene rings is 3. The smallest absolute Gasteiger partial charge is 0.282 e. The molecule has 0 spiro atoms. The summed E-state index contributed by atoms with van der Waals surface area (Å²) in [5, 5.41) is 12.0. The van der Waals surface area contributed by atoms with Crippen LogP contribution in [0.1, 0.15) is 32.3 Å². The van der Waals surface area contributed by atoms with Gasteiger partial charge in [0.15, 0.2) is 11.5 Å². The number of imide groups is 1. The van der Waals surface area contributed by atoms with E-state index in [1.807, 2.05) is 0 Å². The van der Waals surface area contributed by atoms with Gasteiger partial charge in [-0.2, -0.15) is 0 Å². The van der Waals surface area contributed by atoms with Crippen molar-refractivity contribution in [1.29, 1.82) is 0 Å². The lowest BCUT2D eigenvalue weighted by Gasteiger charge is -2.49. The lowest BCUT2D eigenvalue weighted by molar-refractivity contribution is -0.385. The Labute approximate surface area is 221 Å². The standard InChI is InChI=1S/C26H20ClN3O8/c1-36-18-11-13(12-19(37-2)23(18)38-3)21-22(26(33)28(21)15-9-7-14(27)8-10-15)29-24(31)16-5-4-6-17(30(34)35)20(16)25(29)32/h4-12,21-22H,1-3H3/t21-,22-/m0/s1. The molecule has 0 aromatic heterocycles. The number of ether oxygens (including phenoxy) is 3. The Morgan fingerprint density at radius 3 is 2.03 bits per heavy atom. The number of methoxy groups -OCH3 is 3. The zero-order valence-corrected chi connectivity index (χ0v) is 21.1. The Bertz CT molecular complexity index is 1480. The number of rotatable bonds is 7. The molecule has 194 valence electrons. The third kappa shape index (κ3) is 3.62. The summed E-state index contributed by atoms with van der Waals surface area (Å²) in [7, 11) is 4.32. The summed E-state index contributed by atoms with van der Waals surface area (Å²) in [6.45, 7) is 0. The molecule has 3 amide bonds. The molecule has 0 aliphatic carbocycles. The van der Waals surface area contributed by atoms with Crippen LogP contribution in [0.15, 0.2) is 54.6 Å². The molecule has 0 unspecified atom stereocenters. The average Bonchev–Trinajstić information content (AvgIpc) is 3.16. The Balaban J connectivity index is 1.66. The van der Waals surface area contributed by atoms with Crippen LogP contribution in [-0.2, 0) is 4.79 Å². The maximum absolute atomic E-state index is 13.6. The zero-order valence-electron chi connectivity index (χ0n) is 20.3. The summed E-state index contributed by atoms with van der Waals surface area (Å²) in [5.41, 5.74) is -0.0365. The maximum Gasteiger partial charge on any atom is 0.282 e. The van der Waals surface area contributed by atoms with Gasteiger partial charge in [-0.1, -0.05) is 17.7 Å². The van der Waals surface area contributed by atoms with E-state index in [-0.39, 0.29) is 11.1 Å². The van der Waals surface area contributed by atoms with Gasteiger partial charge >= 0.3 is 0 Å². The zero-order chi connectivity index (χ0) is 27.3. The fraction of sp³-hybridized carbons (Fsp3) is 0.192. The Hall–Kier alpha value is -4.64. The predicted octanol–water partition coefficient (Wildman–Crippen LogP) is 4.03. The third-order valence-electron chi connectivity index (χ3n) is 6.60. The summed E-state index contributed by atoms with van der Waals surface area (Å²) in [5.74, 6) is -1.34. The molecular formula is C26H20ClN3O8. The number of nitrogens with zero attached hydrogens (tertiary/aromatic N) is 3. The average molecular weight is 538 g/mol. The van der Waals surface area contributed by atoms with Gasteiger partial charge in [-0.05, 0) is 48.0 Å². The van der Waals surface area contributed by atoms with E-state index in [1.54, 1.807) is 36.4 Å². The second-order valence-electron chi connectivity index (χ2n) is 8.47. The highest BCUT2D eigenvalue weighted by atomic mass is 35.5. The van der Waals surface area contributed by atoms with Crippen molar-refractivity contribution in [2.24, 2.45) is 0 Å². The van der Waals surface area contributed by atoms with Gasteiger partial charge in [0.2, 0.25) is 5.75 Å². The topological polar surface area (TPSA) is 129 Å². The number of anilines is 1. The molecule has 1 saturated heterocycles. The number of carbonyl (C=O) groups is 3. The summed E-state index contributed by atoms with van der Waals surface area (Å²) in [6.07, 6.45) is 0. The molecule has 2 aliphatic rings. The van der Waals surface area contributed by atoms with Gasteiger partial charge in [0, 0.05) is 16.8 Å². The van der Waals surface area contributed by atoms with Gasteiger partial charge in [0.1, 0.15) is 11.6 Å². The highest BCUT2D eigenvalue weighted by Gasteiger charge is 2.58. The van der Waals surface area contributed by atoms with Crippen LogP contribution in [0.4, 0.5) is 11.4 Å². The first-order chi connectivity index (χ1) is 18.2. The minimum absolute atomic E-state index is 0.134. The van der Waals surface area contributed by atoms with Crippen molar-refractivity contribution in [2.45, 2.75) is 12.1 Å². The molecule has 3 aromatic carbocycles. The molecule has 1 fully saturated rings. The molecule has 2 heterocycles. The number of halogens is 1. The summed E-state index contributed by atoms with van der Waals surface area (Å²) in [6, 6.07) is 11.4. The first kappa shape index (κ1) is 25.0. The normalized spacial score (nSPS) is 18.3. The van der Waals surface area contributed by atoms with Crippen LogP contribution in [0, 0.1) is 10.1 Å². The van der Waals surface area contributed by atoms with E-state index in [0.717, 1.165) is 11.0 Å². The van der Waals surface area contributed by atoms with Crippen molar-refractivity contribution in [3.05, 3.63) is 86.4 Å². The van der Waals surface area contributed by atoms with E-state index >= 15 is 0 Å². The molecular weight excluding hydrogens is 518 g/mol. The lowest BCUT2D eigenvalue weighted by Crippen LogP contribution is -2.67. The Kier molecular flexibility index (Phi) is 6.15. The van der Waals surface area contributed by atoms with Crippen molar-refractivity contribution in [3.8, 4) is 17.2 Å². The number of fused-ring (bicyclic) bond motifs is 1. The van der Waals surface area contributed by atoms with Crippen molar-refractivity contribution < 1.29 is 33.5 Å². The molecule has 0 N–H and O–H groups in total. The van der Waals surface area contributed by atoms with E-state index < -0.39 is 40.4 Å². The van der Waals surface area contributed by atoms with Crippen LogP contribution < -0.4 is 19.1 Å². The van der Waals surface area contributed by atoms with E-state index in [4.69, 9.17) is 25.8 Å². The molecule has 0 radical (unpaired) electrons. The van der Waals surface area contributed by atoms with Crippen LogP contribution >= 0.6 is 11.6 Å². The van der Waals surface area contributed by atoms with Gasteiger partial charge in [0.25, 0.3) is 23.4 Å². The number of hydrogen-bond acceptors (Lipinski definition) is 8. The van der Waals surface area contributed by atoms with Crippen LogP contribution in [0.3, 0.4) is 0 Å². The number of hydrogen-bond donors (Lipinski definition) is 0. The number of carbonyl (C=O) groups excluding carboxylic acids is 3. The monoisotopic (exact) mass is 537 g/mol. The second-order valence-corrected chi connectivity index (χ2v) is 8.91. The summed E-state index contributed by atoms with van der Waals surface area (Å²) in [4.78, 5) is 53.6.